The molecule has 0 atom stereocenters. The number of benzene rings is 1. The molecule has 0 spiro atoms. The van der Waals surface area contributed by atoms with Gasteiger partial charge in [0.05, 0.1) is 11.0 Å². The lowest BCUT2D eigenvalue weighted by molar-refractivity contribution is -0.125. The molecule has 0 saturated carbocycles. The van der Waals surface area contributed by atoms with Crippen molar-refractivity contribution in [3.8, 4) is 0 Å². The normalized spacial score (nSPS) is 11.1. The van der Waals surface area contributed by atoms with E-state index in [-0.39, 0.29) is 17.1 Å². The SMILES string of the molecule is CC(C)(CNc1cccc(F)c1C(N)=S)C(N)=O. The van der Waals surface area contributed by atoms with Crippen LogP contribution in [0.15, 0.2) is 18.2 Å². The number of halogens is 1. The average Bonchev–Trinajstić information content (AvgIpc) is 2.25. The Morgan fingerprint density at radius 1 is 1.44 bits per heavy atom. The van der Waals surface area contributed by atoms with Crippen LogP contribution in [0.5, 0.6) is 0 Å². The molecule has 1 rings (SSSR count). The fourth-order valence-corrected chi connectivity index (χ4v) is 1.53. The standard InChI is InChI=1S/C12H16FN3OS/c1-12(2,11(15)17)6-16-8-5-3-4-7(13)9(8)10(14)18/h3-5,16H,6H2,1-2H3,(H2,14,18)(H2,15,17). The summed E-state index contributed by atoms with van der Waals surface area (Å²) < 4.78 is 13.6. The van der Waals surface area contributed by atoms with Gasteiger partial charge in [0.1, 0.15) is 10.8 Å². The van der Waals surface area contributed by atoms with E-state index in [9.17, 15) is 9.18 Å². The number of nitrogens with two attached hydrogens (primary N) is 2. The van der Waals surface area contributed by atoms with Gasteiger partial charge < -0.3 is 16.8 Å². The molecule has 0 bridgehead atoms. The zero-order valence-electron chi connectivity index (χ0n) is 10.3. The van der Waals surface area contributed by atoms with E-state index < -0.39 is 17.1 Å². The molecule has 6 heteroatoms. The number of anilines is 1. The fraction of sp³-hybridized carbons (Fsp3) is 0.333. The van der Waals surface area contributed by atoms with Crippen LogP contribution in [0.3, 0.4) is 0 Å². The summed E-state index contributed by atoms with van der Waals surface area (Å²) in [4.78, 5) is 11.2. The van der Waals surface area contributed by atoms with Gasteiger partial charge in [-0.05, 0) is 26.0 Å². The van der Waals surface area contributed by atoms with Crippen LogP contribution in [-0.2, 0) is 4.79 Å². The summed E-state index contributed by atoms with van der Waals surface area (Å²) in [5.74, 6) is -0.937. The lowest BCUT2D eigenvalue weighted by Crippen LogP contribution is -2.37. The minimum Gasteiger partial charge on any atom is -0.389 e. The first kappa shape index (κ1) is 14.4. The minimum absolute atomic E-state index is 0.0347. The van der Waals surface area contributed by atoms with Crippen LogP contribution in [-0.4, -0.2) is 17.4 Å². The Kier molecular flexibility index (Phi) is 4.24. The summed E-state index contributed by atoms with van der Waals surface area (Å²) in [6, 6.07) is 4.46. The first-order valence-corrected chi connectivity index (χ1v) is 5.78. The van der Waals surface area contributed by atoms with Crippen molar-refractivity contribution in [3.63, 3.8) is 0 Å². The van der Waals surface area contributed by atoms with Gasteiger partial charge in [-0.3, -0.25) is 4.79 Å². The second kappa shape index (κ2) is 5.30. The lowest BCUT2D eigenvalue weighted by Gasteiger charge is -2.22. The summed E-state index contributed by atoms with van der Waals surface area (Å²) in [6.45, 7) is 3.66. The van der Waals surface area contributed by atoms with Gasteiger partial charge in [0.2, 0.25) is 5.91 Å². The second-order valence-corrected chi connectivity index (χ2v) is 5.07. The number of carbonyl (C=O) groups is 1. The molecule has 1 aromatic carbocycles. The van der Waals surface area contributed by atoms with E-state index in [1.165, 1.54) is 12.1 Å². The van der Waals surface area contributed by atoms with Crippen LogP contribution < -0.4 is 16.8 Å². The third-order valence-corrected chi connectivity index (χ3v) is 2.85. The predicted molar refractivity (Wildman–Crippen MR) is 73.8 cm³/mol. The van der Waals surface area contributed by atoms with E-state index in [1.54, 1.807) is 19.9 Å². The first-order chi connectivity index (χ1) is 8.25. The molecule has 0 unspecified atom stereocenters. The summed E-state index contributed by atoms with van der Waals surface area (Å²) in [5.41, 5.74) is 10.6. The number of amides is 1. The molecule has 1 aromatic rings. The van der Waals surface area contributed by atoms with Crippen molar-refractivity contribution < 1.29 is 9.18 Å². The molecule has 0 fully saturated rings. The molecule has 98 valence electrons. The van der Waals surface area contributed by atoms with Crippen molar-refractivity contribution >= 4 is 28.8 Å². The Morgan fingerprint density at radius 2 is 2.06 bits per heavy atom. The molecule has 18 heavy (non-hydrogen) atoms. The van der Waals surface area contributed by atoms with Crippen molar-refractivity contribution in [2.75, 3.05) is 11.9 Å². The maximum Gasteiger partial charge on any atom is 0.224 e. The van der Waals surface area contributed by atoms with Gasteiger partial charge >= 0.3 is 0 Å². The average molecular weight is 269 g/mol. The zero-order valence-corrected chi connectivity index (χ0v) is 11.1. The van der Waals surface area contributed by atoms with Gasteiger partial charge in [-0.25, -0.2) is 4.39 Å². The van der Waals surface area contributed by atoms with Crippen LogP contribution in [0.2, 0.25) is 0 Å². The maximum absolute atomic E-state index is 13.6. The summed E-state index contributed by atoms with van der Waals surface area (Å²) >= 11 is 4.80. The van der Waals surface area contributed by atoms with Gasteiger partial charge in [0, 0.05) is 12.2 Å². The molecule has 0 aliphatic rings. The van der Waals surface area contributed by atoms with Gasteiger partial charge in [-0.15, -0.1) is 0 Å². The predicted octanol–water partition coefficient (Wildman–Crippen LogP) is 1.38. The van der Waals surface area contributed by atoms with Gasteiger partial charge in [0.25, 0.3) is 0 Å². The lowest BCUT2D eigenvalue weighted by atomic mass is 9.92. The Labute approximate surface area is 111 Å². The molecule has 0 saturated heterocycles. The van der Waals surface area contributed by atoms with Gasteiger partial charge in [-0.1, -0.05) is 18.3 Å². The quantitative estimate of drug-likeness (QED) is 0.705. The highest BCUT2D eigenvalue weighted by Crippen LogP contribution is 2.21. The monoisotopic (exact) mass is 269 g/mol. The highest BCUT2D eigenvalue weighted by atomic mass is 32.1. The summed E-state index contributed by atoms with van der Waals surface area (Å²) in [7, 11) is 0. The van der Waals surface area contributed by atoms with E-state index in [4.69, 9.17) is 23.7 Å². The van der Waals surface area contributed by atoms with Crippen LogP contribution in [0.1, 0.15) is 19.4 Å². The second-order valence-electron chi connectivity index (χ2n) is 4.63. The number of hydrogen-bond acceptors (Lipinski definition) is 3. The molecule has 4 nitrogen and oxygen atoms in total. The smallest absolute Gasteiger partial charge is 0.224 e. The highest BCUT2D eigenvalue weighted by molar-refractivity contribution is 7.80. The van der Waals surface area contributed by atoms with E-state index in [2.05, 4.69) is 5.32 Å². The van der Waals surface area contributed by atoms with Gasteiger partial charge in [0.15, 0.2) is 0 Å². The third-order valence-electron chi connectivity index (χ3n) is 2.65. The summed E-state index contributed by atoms with van der Waals surface area (Å²) in [6.07, 6.45) is 0. The molecule has 0 aliphatic carbocycles. The minimum atomic E-state index is -0.750. The van der Waals surface area contributed by atoms with Crippen molar-refractivity contribution in [3.05, 3.63) is 29.6 Å². The molecular formula is C12H16FN3OS. The Bertz CT molecular complexity index is 488. The molecule has 0 radical (unpaired) electrons. The van der Waals surface area contributed by atoms with Crippen LogP contribution in [0, 0.1) is 11.2 Å². The van der Waals surface area contributed by atoms with Crippen LogP contribution in [0.25, 0.3) is 0 Å². The molecule has 1 amide bonds. The topological polar surface area (TPSA) is 81.1 Å². The highest BCUT2D eigenvalue weighted by Gasteiger charge is 2.25. The van der Waals surface area contributed by atoms with E-state index >= 15 is 0 Å². The van der Waals surface area contributed by atoms with Crippen molar-refractivity contribution in [2.24, 2.45) is 16.9 Å². The molecule has 0 heterocycles. The number of thiocarbonyl (C=S) groups is 1. The molecular weight excluding hydrogens is 253 g/mol. The van der Waals surface area contributed by atoms with E-state index in [1.807, 2.05) is 0 Å². The Balaban J connectivity index is 2.96. The number of nitrogens with one attached hydrogen (secondary N) is 1. The van der Waals surface area contributed by atoms with E-state index in [0.29, 0.717) is 5.69 Å². The third kappa shape index (κ3) is 3.16. The van der Waals surface area contributed by atoms with Gasteiger partial charge in [-0.2, -0.15) is 0 Å². The molecule has 0 aliphatic heterocycles. The van der Waals surface area contributed by atoms with Crippen LogP contribution in [0.4, 0.5) is 10.1 Å². The van der Waals surface area contributed by atoms with Crippen molar-refractivity contribution in [2.45, 2.75) is 13.8 Å². The largest absolute Gasteiger partial charge is 0.389 e. The number of hydrogen-bond donors (Lipinski definition) is 3. The zero-order chi connectivity index (χ0) is 13.9. The van der Waals surface area contributed by atoms with Crippen molar-refractivity contribution in [1.29, 1.82) is 0 Å². The number of carbonyl (C=O) groups excluding carboxylic acids is 1. The molecule has 5 N–H and O–H groups in total. The fourth-order valence-electron chi connectivity index (χ4n) is 1.33. The van der Waals surface area contributed by atoms with Crippen molar-refractivity contribution in [1.82, 2.24) is 0 Å². The summed E-state index contributed by atoms with van der Waals surface area (Å²) in [5, 5.41) is 2.95. The van der Waals surface area contributed by atoms with Crippen LogP contribution >= 0.6 is 12.2 Å². The Hall–Kier alpha value is -1.69. The molecule has 0 aromatic heterocycles. The maximum atomic E-state index is 13.6. The number of rotatable bonds is 5. The first-order valence-electron chi connectivity index (χ1n) is 5.38. The van der Waals surface area contributed by atoms with E-state index in [0.717, 1.165) is 0 Å². The Morgan fingerprint density at radius 3 is 2.56 bits per heavy atom. The number of primary amides is 1.